The second-order valence-electron chi connectivity index (χ2n) is 5.34. The second-order valence-corrected chi connectivity index (χ2v) is 5.34. The van der Waals surface area contributed by atoms with Crippen molar-refractivity contribution in [3.05, 3.63) is 23.0 Å². The summed E-state index contributed by atoms with van der Waals surface area (Å²) in [5.74, 6) is 1.47. The average Bonchev–Trinajstić information content (AvgIpc) is 3.01. The smallest absolute Gasteiger partial charge is 0.252 e. The van der Waals surface area contributed by atoms with Crippen LogP contribution in [0, 0.1) is 25.1 Å². The predicted octanol–water partition coefficient (Wildman–Crippen LogP) is 2.83. The Morgan fingerprint density at radius 2 is 2.18 bits per heavy atom. The van der Waals surface area contributed by atoms with E-state index >= 15 is 0 Å². The molecule has 1 N–H and O–H groups in total. The number of halogens is 1. The summed E-state index contributed by atoms with van der Waals surface area (Å²) in [6.45, 7) is 1.47. The molecule has 1 saturated carbocycles. The molecule has 0 unspecified atom stereocenters. The number of benzene rings is 1. The summed E-state index contributed by atoms with van der Waals surface area (Å²) in [6.07, 6.45) is 9.28. The van der Waals surface area contributed by atoms with E-state index in [2.05, 4.69) is 11.2 Å². The third-order valence-electron chi connectivity index (χ3n) is 3.89. The van der Waals surface area contributed by atoms with Gasteiger partial charge in [-0.05, 0) is 25.8 Å². The van der Waals surface area contributed by atoms with Gasteiger partial charge in [0.1, 0.15) is 6.61 Å². The van der Waals surface area contributed by atoms with Gasteiger partial charge in [0, 0.05) is 17.2 Å². The van der Waals surface area contributed by atoms with Crippen molar-refractivity contribution in [1.82, 2.24) is 5.32 Å². The molecular formula is C17H20FNO3. The van der Waals surface area contributed by atoms with Gasteiger partial charge >= 0.3 is 0 Å². The molecule has 0 bridgehead atoms. The van der Waals surface area contributed by atoms with E-state index in [0.717, 1.165) is 25.7 Å². The Morgan fingerprint density at radius 1 is 1.50 bits per heavy atom. The van der Waals surface area contributed by atoms with Crippen molar-refractivity contribution in [3.63, 3.8) is 0 Å². The molecule has 0 saturated heterocycles. The summed E-state index contributed by atoms with van der Waals surface area (Å²) >= 11 is 0. The first-order valence-electron chi connectivity index (χ1n) is 7.32. The van der Waals surface area contributed by atoms with Crippen molar-refractivity contribution >= 4 is 5.91 Å². The van der Waals surface area contributed by atoms with Crippen molar-refractivity contribution in [2.45, 2.75) is 38.6 Å². The largest absolute Gasteiger partial charge is 0.493 e. The molecule has 0 aliphatic heterocycles. The summed E-state index contributed by atoms with van der Waals surface area (Å²) in [6, 6.07) is 1.66. The molecule has 1 fully saturated rings. The Hall–Kier alpha value is -2.22. The van der Waals surface area contributed by atoms with Crippen LogP contribution in [0.2, 0.25) is 0 Å². The van der Waals surface area contributed by atoms with E-state index in [1.165, 1.54) is 13.2 Å². The molecule has 4 nitrogen and oxygen atoms in total. The Bertz CT molecular complexity index is 601. The minimum Gasteiger partial charge on any atom is -0.493 e. The van der Waals surface area contributed by atoms with Crippen LogP contribution in [-0.4, -0.2) is 25.7 Å². The third kappa shape index (κ3) is 3.33. The number of ether oxygens (including phenoxy) is 2. The highest BCUT2D eigenvalue weighted by molar-refractivity contribution is 5.96. The van der Waals surface area contributed by atoms with Crippen molar-refractivity contribution in [2.75, 3.05) is 13.7 Å². The van der Waals surface area contributed by atoms with Crippen LogP contribution in [-0.2, 0) is 0 Å². The fourth-order valence-corrected chi connectivity index (χ4v) is 2.67. The molecule has 118 valence electrons. The lowest BCUT2D eigenvalue weighted by Crippen LogP contribution is -2.33. The highest BCUT2D eigenvalue weighted by Gasteiger charge is 2.24. The van der Waals surface area contributed by atoms with Crippen LogP contribution in [0.4, 0.5) is 4.39 Å². The van der Waals surface area contributed by atoms with Gasteiger partial charge in [-0.3, -0.25) is 4.79 Å². The first-order valence-corrected chi connectivity index (χ1v) is 7.32. The van der Waals surface area contributed by atoms with Crippen molar-refractivity contribution in [1.29, 1.82) is 0 Å². The summed E-state index contributed by atoms with van der Waals surface area (Å²) in [5.41, 5.74) is 0.484. The predicted molar refractivity (Wildman–Crippen MR) is 81.7 cm³/mol. The van der Waals surface area contributed by atoms with Crippen molar-refractivity contribution < 1.29 is 18.7 Å². The van der Waals surface area contributed by atoms with Gasteiger partial charge in [-0.15, -0.1) is 6.42 Å². The van der Waals surface area contributed by atoms with E-state index in [0.29, 0.717) is 0 Å². The van der Waals surface area contributed by atoms with Crippen LogP contribution in [0.1, 0.15) is 41.6 Å². The molecule has 1 amide bonds. The SMILES string of the molecule is C#CCOc1c(OC)cc(C(=O)NC2CCCC2)c(C)c1F. The molecule has 1 aromatic carbocycles. The quantitative estimate of drug-likeness (QED) is 0.851. The van der Waals surface area contributed by atoms with E-state index in [9.17, 15) is 9.18 Å². The van der Waals surface area contributed by atoms with Gasteiger partial charge in [0.05, 0.1) is 7.11 Å². The number of amides is 1. The maximum atomic E-state index is 14.5. The number of carbonyl (C=O) groups excluding carboxylic acids is 1. The average molecular weight is 305 g/mol. The maximum Gasteiger partial charge on any atom is 0.252 e. The molecule has 2 rings (SSSR count). The first kappa shape index (κ1) is 16.2. The summed E-state index contributed by atoms with van der Waals surface area (Å²) in [7, 11) is 1.39. The highest BCUT2D eigenvalue weighted by atomic mass is 19.1. The lowest BCUT2D eigenvalue weighted by atomic mass is 10.1. The van der Waals surface area contributed by atoms with Gasteiger partial charge in [0.2, 0.25) is 0 Å². The van der Waals surface area contributed by atoms with Crippen molar-refractivity contribution in [2.24, 2.45) is 0 Å². The van der Waals surface area contributed by atoms with Crippen LogP contribution in [0.3, 0.4) is 0 Å². The molecule has 0 atom stereocenters. The van der Waals surface area contributed by atoms with E-state index in [1.54, 1.807) is 6.92 Å². The summed E-state index contributed by atoms with van der Waals surface area (Å²) in [5, 5.41) is 2.94. The van der Waals surface area contributed by atoms with Crippen LogP contribution >= 0.6 is 0 Å². The molecular weight excluding hydrogens is 285 g/mol. The van der Waals surface area contributed by atoms with Crippen LogP contribution in [0.15, 0.2) is 6.07 Å². The van der Waals surface area contributed by atoms with Gasteiger partial charge in [0.25, 0.3) is 5.91 Å². The number of rotatable bonds is 5. The zero-order valence-corrected chi connectivity index (χ0v) is 12.9. The molecule has 5 heteroatoms. The molecule has 1 aromatic rings. The van der Waals surface area contributed by atoms with Gasteiger partial charge in [-0.2, -0.15) is 0 Å². The number of nitrogens with one attached hydrogen (secondary N) is 1. The minimum atomic E-state index is -0.619. The van der Waals surface area contributed by atoms with Crippen LogP contribution < -0.4 is 14.8 Å². The van der Waals surface area contributed by atoms with Gasteiger partial charge in [-0.25, -0.2) is 4.39 Å². The Balaban J connectivity index is 2.29. The Morgan fingerprint density at radius 3 is 2.77 bits per heavy atom. The topological polar surface area (TPSA) is 47.6 Å². The van der Waals surface area contributed by atoms with E-state index in [1.807, 2.05) is 0 Å². The molecule has 0 heterocycles. The number of methoxy groups -OCH3 is 1. The number of carbonyl (C=O) groups is 1. The zero-order valence-electron chi connectivity index (χ0n) is 12.9. The molecule has 0 aromatic heterocycles. The zero-order chi connectivity index (χ0) is 16.1. The summed E-state index contributed by atoms with van der Waals surface area (Å²) < 4.78 is 24.8. The Labute approximate surface area is 130 Å². The highest BCUT2D eigenvalue weighted by Crippen LogP contribution is 2.34. The fraction of sp³-hybridized carbons (Fsp3) is 0.471. The van der Waals surface area contributed by atoms with Gasteiger partial charge in [-0.1, -0.05) is 18.8 Å². The number of terminal acetylenes is 1. The molecule has 22 heavy (non-hydrogen) atoms. The monoisotopic (exact) mass is 305 g/mol. The third-order valence-corrected chi connectivity index (χ3v) is 3.89. The molecule has 0 radical (unpaired) electrons. The lowest BCUT2D eigenvalue weighted by Gasteiger charge is -2.17. The van der Waals surface area contributed by atoms with E-state index in [4.69, 9.17) is 15.9 Å². The molecule has 0 spiro atoms. The molecule has 1 aliphatic rings. The lowest BCUT2D eigenvalue weighted by molar-refractivity contribution is 0.0936. The minimum absolute atomic E-state index is 0.0598. The normalized spacial score (nSPS) is 14.5. The maximum absolute atomic E-state index is 14.5. The fourth-order valence-electron chi connectivity index (χ4n) is 2.67. The second kappa shape index (κ2) is 7.17. The van der Waals surface area contributed by atoms with Crippen LogP contribution in [0.5, 0.6) is 11.5 Å². The van der Waals surface area contributed by atoms with E-state index in [-0.39, 0.29) is 41.2 Å². The number of hydrogen-bond acceptors (Lipinski definition) is 3. The van der Waals surface area contributed by atoms with Gasteiger partial charge < -0.3 is 14.8 Å². The first-order chi connectivity index (χ1) is 10.6. The standard InChI is InChI=1S/C17H20FNO3/c1-4-9-22-16-14(21-3)10-13(11(2)15(16)18)17(20)19-12-7-5-6-8-12/h1,10,12H,5-9H2,2-3H3,(H,19,20). The molecule has 1 aliphatic carbocycles. The summed E-state index contributed by atoms with van der Waals surface area (Å²) in [4.78, 5) is 12.4. The number of hydrogen-bond donors (Lipinski definition) is 1. The van der Waals surface area contributed by atoms with Gasteiger partial charge in [0.15, 0.2) is 17.3 Å². The van der Waals surface area contributed by atoms with Crippen LogP contribution in [0.25, 0.3) is 0 Å². The Kier molecular flexibility index (Phi) is 5.26. The van der Waals surface area contributed by atoms with E-state index < -0.39 is 5.82 Å². The van der Waals surface area contributed by atoms with Crippen molar-refractivity contribution in [3.8, 4) is 23.8 Å².